The highest BCUT2D eigenvalue weighted by Crippen LogP contribution is 2.30. The van der Waals surface area contributed by atoms with Gasteiger partial charge in [-0.25, -0.2) is 4.98 Å². The molecule has 0 bridgehead atoms. The summed E-state index contributed by atoms with van der Waals surface area (Å²) >= 11 is 6.67. The van der Waals surface area contributed by atoms with Crippen LogP contribution >= 0.6 is 11.6 Å². The molecule has 2 aliphatic rings. The smallest absolute Gasteiger partial charge is 0.253 e. The molecule has 0 spiro atoms. The number of anilines is 1. The topological polar surface area (TPSA) is 103 Å². The fraction of sp³-hybridized carbons (Fsp3) is 0.275. The summed E-state index contributed by atoms with van der Waals surface area (Å²) in [7, 11) is 0. The second-order valence-electron chi connectivity index (χ2n) is 13.0. The molecule has 254 valence electrons. The fourth-order valence-corrected chi connectivity index (χ4v) is 7.12. The van der Waals surface area contributed by atoms with Crippen molar-refractivity contribution in [1.29, 1.82) is 0 Å². The van der Waals surface area contributed by atoms with Crippen LogP contribution in [-0.2, 0) is 6.54 Å². The van der Waals surface area contributed by atoms with E-state index in [1.807, 2.05) is 73.1 Å². The lowest BCUT2D eigenvalue weighted by molar-refractivity contribution is 0.0906. The number of carbonyl (C=O) groups is 2. The summed E-state index contributed by atoms with van der Waals surface area (Å²) in [5.74, 6) is 0.774. The average molecular weight is 686 g/mol. The van der Waals surface area contributed by atoms with E-state index >= 15 is 0 Å². The van der Waals surface area contributed by atoms with Gasteiger partial charge in [0.25, 0.3) is 11.8 Å². The number of rotatable bonds is 9. The molecule has 2 fully saturated rings. The van der Waals surface area contributed by atoms with Gasteiger partial charge in [0.2, 0.25) is 0 Å². The number of halogens is 1. The number of amides is 2. The summed E-state index contributed by atoms with van der Waals surface area (Å²) in [6, 6.07) is 25.4. The predicted octanol–water partition coefficient (Wildman–Crippen LogP) is 6.65. The molecule has 2 N–H and O–H groups in total. The highest BCUT2D eigenvalue weighted by molar-refractivity contribution is 6.36. The van der Waals surface area contributed by atoms with Crippen LogP contribution in [0.1, 0.15) is 52.0 Å². The van der Waals surface area contributed by atoms with Gasteiger partial charge in [0.1, 0.15) is 5.82 Å². The molecule has 50 heavy (non-hydrogen) atoms. The number of hydrogen-bond donors (Lipinski definition) is 2. The molecule has 7 rings (SSSR count). The van der Waals surface area contributed by atoms with Gasteiger partial charge in [-0.1, -0.05) is 54.1 Å². The van der Waals surface area contributed by atoms with Gasteiger partial charge in [-0.05, 0) is 73.2 Å². The van der Waals surface area contributed by atoms with Crippen LogP contribution in [-0.4, -0.2) is 69.9 Å². The number of likely N-dealkylation sites (tertiary alicyclic amines) is 1. The van der Waals surface area contributed by atoms with Gasteiger partial charge in [0.05, 0.1) is 10.6 Å². The molecule has 0 unspecified atom stereocenters. The number of benzene rings is 2. The highest BCUT2D eigenvalue weighted by Gasteiger charge is 2.25. The van der Waals surface area contributed by atoms with E-state index in [0.717, 1.165) is 86.5 Å². The second-order valence-corrected chi connectivity index (χ2v) is 13.4. The van der Waals surface area contributed by atoms with Crippen molar-refractivity contribution < 1.29 is 9.59 Å². The number of hydrogen-bond acceptors (Lipinski definition) is 7. The van der Waals surface area contributed by atoms with Gasteiger partial charge in [-0.2, -0.15) is 0 Å². The minimum absolute atomic E-state index is 0.0311. The molecule has 5 aromatic rings. The van der Waals surface area contributed by atoms with E-state index in [1.165, 1.54) is 5.56 Å². The Labute approximate surface area is 297 Å². The molecule has 5 heterocycles. The van der Waals surface area contributed by atoms with Crippen LogP contribution < -0.4 is 15.5 Å². The van der Waals surface area contributed by atoms with Crippen LogP contribution in [0.25, 0.3) is 22.3 Å². The van der Waals surface area contributed by atoms with Crippen molar-refractivity contribution >= 4 is 29.2 Å². The number of pyridine rings is 3. The molecule has 9 nitrogen and oxygen atoms in total. The molecule has 3 aromatic heterocycles. The van der Waals surface area contributed by atoms with Crippen molar-refractivity contribution in [3.05, 3.63) is 132 Å². The Bertz CT molecular complexity index is 1910. The Morgan fingerprint density at radius 2 is 1.36 bits per heavy atom. The Hall–Kier alpha value is -5.12. The van der Waals surface area contributed by atoms with E-state index in [2.05, 4.69) is 42.5 Å². The lowest BCUT2D eigenvalue weighted by Crippen LogP contribution is -2.45. The highest BCUT2D eigenvalue weighted by atomic mass is 35.5. The minimum Gasteiger partial charge on any atom is -0.356 e. The van der Waals surface area contributed by atoms with Crippen molar-refractivity contribution in [3.8, 4) is 22.3 Å². The van der Waals surface area contributed by atoms with Gasteiger partial charge in [0, 0.05) is 98.0 Å². The molecular weight excluding hydrogens is 646 g/mol. The first-order valence-corrected chi connectivity index (χ1v) is 17.6. The molecule has 0 atom stereocenters. The Morgan fingerprint density at radius 3 is 2.04 bits per heavy atom. The zero-order valence-corrected chi connectivity index (χ0v) is 28.6. The first kappa shape index (κ1) is 33.4. The SMILES string of the molecule is O=C(NC1CCN(Cc2ccc(N3CCC(NC(=O)c4cccc(-c5cccnc5)c4Cl)CC3)nc2)CC1)c1cccc(-c2cccnc2)c1. The normalized spacial score (nSPS) is 15.8. The van der Waals surface area contributed by atoms with Crippen molar-refractivity contribution in [2.75, 3.05) is 31.1 Å². The minimum atomic E-state index is -0.153. The van der Waals surface area contributed by atoms with E-state index in [4.69, 9.17) is 16.6 Å². The summed E-state index contributed by atoms with van der Waals surface area (Å²) in [6.45, 7) is 4.29. The van der Waals surface area contributed by atoms with E-state index in [-0.39, 0.29) is 23.9 Å². The van der Waals surface area contributed by atoms with Crippen LogP contribution in [0.2, 0.25) is 5.02 Å². The molecule has 2 aromatic carbocycles. The molecule has 2 saturated heterocycles. The summed E-state index contributed by atoms with van der Waals surface area (Å²) in [5.41, 5.74) is 5.98. The van der Waals surface area contributed by atoms with Crippen LogP contribution in [0.15, 0.2) is 110 Å². The molecule has 0 radical (unpaired) electrons. The third-order valence-corrected chi connectivity index (χ3v) is 10.0. The van der Waals surface area contributed by atoms with E-state index < -0.39 is 0 Å². The maximum Gasteiger partial charge on any atom is 0.253 e. The third-order valence-electron chi connectivity index (χ3n) is 9.63. The number of aromatic nitrogens is 3. The molecule has 2 amide bonds. The predicted molar refractivity (Wildman–Crippen MR) is 197 cm³/mol. The van der Waals surface area contributed by atoms with Crippen molar-refractivity contribution in [2.24, 2.45) is 0 Å². The lowest BCUT2D eigenvalue weighted by Gasteiger charge is -2.34. The standard InChI is InChI=1S/C40H40ClN7O2/c41-38-35(32-8-4-18-43-26-32)9-2-10-36(38)40(50)46-34-15-21-48(22-16-34)37-12-11-28(24-44-37)27-47-19-13-33(14-20-47)45-39(49)30-6-1-5-29(23-30)31-7-3-17-42-25-31/h1-12,17-18,23-26,33-34H,13-16,19-22,27H2,(H,45,49)(H,46,50). The van der Waals surface area contributed by atoms with Crippen molar-refractivity contribution in [1.82, 2.24) is 30.5 Å². The van der Waals surface area contributed by atoms with E-state index in [0.29, 0.717) is 16.1 Å². The van der Waals surface area contributed by atoms with E-state index in [9.17, 15) is 9.59 Å². The monoisotopic (exact) mass is 685 g/mol. The van der Waals surface area contributed by atoms with Crippen LogP contribution in [0.3, 0.4) is 0 Å². The summed E-state index contributed by atoms with van der Waals surface area (Å²) in [5, 5.41) is 6.88. The zero-order chi connectivity index (χ0) is 34.3. The van der Waals surface area contributed by atoms with Gasteiger partial charge >= 0.3 is 0 Å². The summed E-state index contributed by atoms with van der Waals surface area (Å²) in [4.78, 5) is 44.1. The quantitative estimate of drug-likeness (QED) is 0.179. The molecular formula is C40H40ClN7O2. The Balaban J connectivity index is 0.851. The van der Waals surface area contributed by atoms with Crippen molar-refractivity contribution in [3.63, 3.8) is 0 Å². The third kappa shape index (κ3) is 8.01. The first-order valence-electron chi connectivity index (χ1n) is 17.2. The zero-order valence-electron chi connectivity index (χ0n) is 27.8. The lowest BCUT2D eigenvalue weighted by atomic mass is 10.0. The van der Waals surface area contributed by atoms with E-state index in [1.54, 1.807) is 24.7 Å². The van der Waals surface area contributed by atoms with Gasteiger partial charge in [0.15, 0.2) is 0 Å². The fourth-order valence-electron chi connectivity index (χ4n) is 6.80. The first-order chi connectivity index (χ1) is 24.5. The number of nitrogens with zero attached hydrogens (tertiary/aromatic N) is 5. The molecule has 0 aliphatic carbocycles. The number of piperidine rings is 2. The largest absolute Gasteiger partial charge is 0.356 e. The average Bonchev–Trinajstić information content (AvgIpc) is 3.17. The molecule has 10 heteroatoms. The Morgan fingerprint density at radius 1 is 0.700 bits per heavy atom. The van der Waals surface area contributed by atoms with Gasteiger partial charge in [-0.3, -0.25) is 24.5 Å². The van der Waals surface area contributed by atoms with Crippen molar-refractivity contribution in [2.45, 2.75) is 44.3 Å². The van der Waals surface area contributed by atoms with Gasteiger partial charge < -0.3 is 15.5 Å². The number of nitrogens with one attached hydrogen (secondary N) is 2. The Kier molecular flexibility index (Phi) is 10.4. The number of carbonyl (C=O) groups excluding carboxylic acids is 2. The van der Waals surface area contributed by atoms with Crippen LogP contribution in [0.4, 0.5) is 5.82 Å². The summed E-state index contributed by atoms with van der Waals surface area (Å²) in [6.07, 6.45) is 12.5. The molecule has 2 aliphatic heterocycles. The molecule has 0 saturated carbocycles. The summed E-state index contributed by atoms with van der Waals surface area (Å²) < 4.78 is 0. The maximum absolute atomic E-state index is 13.2. The van der Waals surface area contributed by atoms with Gasteiger partial charge in [-0.15, -0.1) is 0 Å². The maximum atomic E-state index is 13.2. The van der Waals surface area contributed by atoms with Crippen LogP contribution in [0.5, 0.6) is 0 Å². The van der Waals surface area contributed by atoms with Crippen LogP contribution in [0, 0.1) is 0 Å². The second kappa shape index (κ2) is 15.6.